The van der Waals surface area contributed by atoms with Crippen molar-refractivity contribution in [2.24, 2.45) is 17.3 Å². The van der Waals surface area contributed by atoms with Crippen LogP contribution in [0.2, 0.25) is 0 Å². The Balaban J connectivity index is 1.84. The standard InChI is InChI=1S/C28H44O10/c1-16(29)37-25(2,3)18-9-10-27(5)19(18)12-22-28(6,38-22)20(30)8-7-17(11-21(27)31)15-36-24(34)14-26(4,35)13-23(32)33/h11,18-22,30-31,35H,7-10,12-15H2,1-6H3,(H,32,33)/b17-11+/t18-,19+,20+,21+,22+,26?,27+,28-/m0/s1. The van der Waals surface area contributed by atoms with Gasteiger partial charge in [-0.25, -0.2) is 0 Å². The van der Waals surface area contributed by atoms with Gasteiger partial charge in [-0.1, -0.05) is 13.0 Å². The highest BCUT2D eigenvalue weighted by molar-refractivity contribution is 5.74. The lowest BCUT2D eigenvalue weighted by Crippen LogP contribution is -2.45. The first-order valence-electron chi connectivity index (χ1n) is 13.4. The number of esters is 2. The van der Waals surface area contributed by atoms with Crippen LogP contribution in [0, 0.1) is 17.3 Å². The van der Waals surface area contributed by atoms with Gasteiger partial charge in [0.15, 0.2) is 0 Å². The van der Waals surface area contributed by atoms with Crippen LogP contribution in [0.15, 0.2) is 11.6 Å². The normalized spacial score (nSPS) is 38.3. The summed E-state index contributed by atoms with van der Waals surface area (Å²) in [6.45, 7) is 10.2. The van der Waals surface area contributed by atoms with Crippen LogP contribution in [-0.2, 0) is 28.6 Å². The van der Waals surface area contributed by atoms with Crippen LogP contribution in [0.4, 0.5) is 0 Å². The SMILES string of the molecule is CC(=O)OC(C)(C)[C@H]1CC[C@@]2(C)[C@H](O)/C=C(/COC(=O)CC(C)(O)CC(=O)O)CC[C@@H](O)[C@]3(C)O[C@@H]3C[C@H]12. The number of carboxylic acids is 1. The summed E-state index contributed by atoms with van der Waals surface area (Å²) >= 11 is 0. The Labute approximate surface area is 224 Å². The summed E-state index contributed by atoms with van der Waals surface area (Å²) in [6.07, 6.45) is 1.47. The number of rotatable bonds is 8. The molecule has 2 fully saturated rings. The minimum absolute atomic E-state index is 0.0384. The second-order valence-corrected chi connectivity index (χ2v) is 12.7. The van der Waals surface area contributed by atoms with Crippen LogP contribution in [-0.4, -0.2) is 80.1 Å². The van der Waals surface area contributed by atoms with Gasteiger partial charge in [-0.05, 0) is 71.3 Å². The van der Waals surface area contributed by atoms with Gasteiger partial charge in [0.25, 0.3) is 0 Å². The lowest BCUT2D eigenvalue weighted by molar-refractivity contribution is -0.162. The van der Waals surface area contributed by atoms with Crippen molar-refractivity contribution in [3.8, 4) is 0 Å². The number of aliphatic hydroxyl groups is 3. The van der Waals surface area contributed by atoms with E-state index in [9.17, 15) is 29.7 Å². The van der Waals surface area contributed by atoms with Crippen LogP contribution >= 0.6 is 0 Å². The van der Waals surface area contributed by atoms with E-state index in [-0.39, 0.29) is 30.5 Å². The Morgan fingerprint density at radius 2 is 1.79 bits per heavy atom. The number of aliphatic hydroxyl groups excluding tert-OH is 2. The van der Waals surface area contributed by atoms with Crippen LogP contribution in [0.1, 0.15) is 86.5 Å². The predicted molar refractivity (Wildman–Crippen MR) is 136 cm³/mol. The Morgan fingerprint density at radius 1 is 1.13 bits per heavy atom. The number of hydrogen-bond donors (Lipinski definition) is 4. The van der Waals surface area contributed by atoms with Gasteiger partial charge < -0.3 is 34.6 Å². The lowest BCUT2D eigenvalue weighted by atomic mass is 9.67. The maximum atomic E-state index is 12.4. The molecule has 1 saturated carbocycles. The Bertz CT molecular complexity index is 955. The molecule has 0 aromatic heterocycles. The first-order chi connectivity index (χ1) is 17.4. The Kier molecular flexibility index (Phi) is 8.73. The number of aliphatic carboxylic acids is 1. The molecule has 2 aliphatic carbocycles. The minimum atomic E-state index is -1.75. The van der Waals surface area contributed by atoms with Crippen LogP contribution < -0.4 is 0 Å². The van der Waals surface area contributed by atoms with Gasteiger partial charge in [0.05, 0.1) is 36.8 Å². The van der Waals surface area contributed by atoms with E-state index in [1.54, 1.807) is 6.08 Å². The molecule has 0 radical (unpaired) electrons. The molecule has 10 nitrogen and oxygen atoms in total. The largest absolute Gasteiger partial charge is 0.481 e. The molecular formula is C28H44O10. The van der Waals surface area contributed by atoms with Crippen molar-refractivity contribution >= 4 is 17.9 Å². The predicted octanol–water partition coefficient (Wildman–Crippen LogP) is 2.51. The number of carbonyl (C=O) groups excluding carboxylic acids is 2. The zero-order valence-electron chi connectivity index (χ0n) is 23.4. The Morgan fingerprint density at radius 3 is 2.39 bits per heavy atom. The molecule has 0 spiro atoms. The molecule has 38 heavy (non-hydrogen) atoms. The molecule has 3 rings (SSSR count). The molecule has 1 unspecified atom stereocenters. The van der Waals surface area contributed by atoms with Crippen molar-refractivity contribution in [1.82, 2.24) is 0 Å². The maximum Gasteiger partial charge on any atom is 0.309 e. The van der Waals surface area contributed by atoms with E-state index in [1.165, 1.54) is 13.8 Å². The van der Waals surface area contributed by atoms with Crippen LogP contribution in [0.25, 0.3) is 0 Å². The highest BCUT2D eigenvalue weighted by Crippen LogP contribution is 2.58. The van der Waals surface area contributed by atoms with E-state index in [2.05, 4.69) is 0 Å². The van der Waals surface area contributed by atoms with E-state index >= 15 is 0 Å². The summed E-state index contributed by atoms with van der Waals surface area (Å²) in [4.78, 5) is 35.2. The number of hydrogen-bond acceptors (Lipinski definition) is 9. The summed E-state index contributed by atoms with van der Waals surface area (Å²) in [5, 5.41) is 41.6. The summed E-state index contributed by atoms with van der Waals surface area (Å²) < 4.78 is 17.1. The van der Waals surface area contributed by atoms with Crippen molar-refractivity contribution < 1.29 is 49.0 Å². The zero-order chi connectivity index (χ0) is 28.7. The number of ether oxygens (including phenoxy) is 3. The fourth-order valence-electron chi connectivity index (χ4n) is 6.62. The summed E-state index contributed by atoms with van der Waals surface area (Å²) in [6, 6.07) is 0. The van der Waals surface area contributed by atoms with E-state index in [4.69, 9.17) is 19.3 Å². The topological polar surface area (TPSA) is 163 Å². The molecule has 0 amide bonds. The van der Waals surface area contributed by atoms with Crippen molar-refractivity contribution in [3.05, 3.63) is 11.6 Å². The highest BCUT2D eigenvalue weighted by atomic mass is 16.6. The van der Waals surface area contributed by atoms with Crippen molar-refractivity contribution in [1.29, 1.82) is 0 Å². The first kappa shape index (κ1) is 30.5. The third kappa shape index (κ3) is 6.76. The lowest BCUT2D eigenvalue weighted by Gasteiger charge is -2.42. The second-order valence-electron chi connectivity index (χ2n) is 12.7. The number of fused-ring (bicyclic) bond motifs is 2. The molecule has 3 aliphatic rings. The van der Waals surface area contributed by atoms with E-state index in [0.29, 0.717) is 31.3 Å². The Hall–Kier alpha value is -2.01. The average Bonchev–Trinajstić information content (AvgIpc) is 3.28. The van der Waals surface area contributed by atoms with Crippen LogP contribution in [0.3, 0.4) is 0 Å². The van der Waals surface area contributed by atoms with E-state index in [0.717, 1.165) is 6.42 Å². The molecule has 0 bridgehead atoms. The fourth-order valence-corrected chi connectivity index (χ4v) is 6.62. The number of epoxide rings is 1. The third-order valence-electron chi connectivity index (χ3n) is 9.02. The highest BCUT2D eigenvalue weighted by Gasteiger charge is 2.62. The van der Waals surface area contributed by atoms with Crippen LogP contribution in [0.5, 0.6) is 0 Å². The average molecular weight is 541 g/mol. The molecule has 0 aromatic carbocycles. The molecular weight excluding hydrogens is 496 g/mol. The second kappa shape index (κ2) is 10.9. The van der Waals surface area contributed by atoms with Gasteiger partial charge in [-0.15, -0.1) is 0 Å². The van der Waals surface area contributed by atoms with Gasteiger partial charge in [-0.2, -0.15) is 0 Å². The molecule has 4 N–H and O–H groups in total. The maximum absolute atomic E-state index is 12.4. The van der Waals surface area contributed by atoms with Crippen molar-refractivity contribution in [3.63, 3.8) is 0 Å². The monoisotopic (exact) mass is 540 g/mol. The molecule has 0 aromatic rings. The molecule has 216 valence electrons. The molecule has 1 heterocycles. The number of carbonyl (C=O) groups is 3. The zero-order valence-corrected chi connectivity index (χ0v) is 23.4. The van der Waals surface area contributed by atoms with Gasteiger partial charge in [0.1, 0.15) is 17.8 Å². The van der Waals surface area contributed by atoms with Gasteiger partial charge in [-0.3, -0.25) is 14.4 Å². The van der Waals surface area contributed by atoms with E-state index in [1.807, 2.05) is 27.7 Å². The van der Waals surface area contributed by atoms with Crippen molar-refractivity contribution in [2.75, 3.05) is 6.61 Å². The molecule has 10 heteroatoms. The number of carboxylic acid groups (broad SMARTS) is 1. The minimum Gasteiger partial charge on any atom is -0.481 e. The van der Waals surface area contributed by atoms with Gasteiger partial charge >= 0.3 is 17.9 Å². The third-order valence-corrected chi connectivity index (χ3v) is 9.02. The quantitative estimate of drug-likeness (QED) is 0.204. The first-order valence-corrected chi connectivity index (χ1v) is 13.4. The van der Waals surface area contributed by atoms with Crippen molar-refractivity contribution in [2.45, 2.75) is 122 Å². The molecule has 8 atom stereocenters. The van der Waals surface area contributed by atoms with E-state index < -0.39 is 59.2 Å². The summed E-state index contributed by atoms with van der Waals surface area (Å²) in [5.74, 6) is -2.46. The molecule has 1 saturated heterocycles. The fraction of sp³-hybridized carbons (Fsp3) is 0.821. The van der Waals surface area contributed by atoms with Gasteiger partial charge in [0, 0.05) is 18.3 Å². The molecule has 1 aliphatic heterocycles. The van der Waals surface area contributed by atoms with Gasteiger partial charge in [0.2, 0.25) is 0 Å². The summed E-state index contributed by atoms with van der Waals surface area (Å²) in [7, 11) is 0. The summed E-state index contributed by atoms with van der Waals surface area (Å²) in [5.41, 5.74) is -3.19. The smallest absolute Gasteiger partial charge is 0.309 e.